The summed E-state index contributed by atoms with van der Waals surface area (Å²) in [5.74, 6) is 1.75. The van der Waals surface area contributed by atoms with E-state index in [9.17, 15) is 4.79 Å². The molecule has 1 amide bonds. The monoisotopic (exact) mass is 282 g/mol. The van der Waals surface area contributed by atoms with Gasteiger partial charge in [-0.2, -0.15) is 0 Å². The first kappa shape index (κ1) is 16.8. The van der Waals surface area contributed by atoms with E-state index in [-0.39, 0.29) is 0 Å². The van der Waals surface area contributed by atoms with Crippen LogP contribution in [0.25, 0.3) is 0 Å². The molecule has 1 fully saturated rings. The highest BCUT2D eigenvalue weighted by molar-refractivity contribution is 5.80. The Labute approximate surface area is 123 Å². The van der Waals surface area contributed by atoms with Crippen LogP contribution in [0.3, 0.4) is 0 Å². The standard InChI is InChI=1S/C15H30N4O/c1-5-16-15(18-13(4)12(2)3)17-9-7-11-19-10-6-8-14(19)20/h12-13H,5-11H2,1-4H3,(H2,16,17,18). The number of hydrogen-bond donors (Lipinski definition) is 2. The molecule has 1 rings (SSSR count). The number of carbonyl (C=O) groups excluding carboxylic acids is 1. The molecule has 116 valence electrons. The van der Waals surface area contributed by atoms with Crippen molar-refractivity contribution in [3.05, 3.63) is 0 Å². The number of nitrogens with one attached hydrogen (secondary N) is 2. The lowest BCUT2D eigenvalue weighted by Gasteiger charge is -2.21. The maximum atomic E-state index is 11.5. The number of amides is 1. The molecular weight excluding hydrogens is 252 g/mol. The Morgan fingerprint density at radius 3 is 2.70 bits per heavy atom. The van der Waals surface area contributed by atoms with E-state index < -0.39 is 0 Å². The molecule has 1 unspecified atom stereocenters. The molecule has 1 heterocycles. The average Bonchev–Trinajstić information content (AvgIpc) is 2.80. The third-order valence-corrected chi connectivity index (χ3v) is 3.74. The minimum Gasteiger partial charge on any atom is -0.357 e. The Bertz CT molecular complexity index is 328. The van der Waals surface area contributed by atoms with E-state index in [2.05, 4.69) is 43.3 Å². The largest absolute Gasteiger partial charge is 0.357 e. The first-order chi connectivity index (χ1) is 9.54. The SMILES string of the molecule is CCNC(=NCCCN1CCCC1=O)NC(C)C(C)C. The zero-order valence-electron chi connectivity index (χ0n) is 13.4. The maximum Gasteiger partial charge on any atom is 0.222 e. The smallest absolute Gasteiger partial charge is 0.222 e. The van der Waals surface area contributed by atoms with Gasteiger partial charge >= 0.3 is 0 Å². The summed E-state index contributed by atoms with van der Waals surface area (Å²) in [6.07, 6.45) is 2.66. The molecule has 0 spiro atoms. The highest BCUT2D eigenvalue weighted by Gasteiger charge is 2.18. The predicted molar refractivity (Wildman–Crippen MR) is 83.8 cm³/mol. The summed E-state index contributed by atoms with van der Waals surface area (Å²) in [7, 11) is 0. The van der Waals surface area contributed by atoms with E-state index in [1.807, 2.05) is 4.90 Å². The Morgan fingerprint density at radius 1 is 1.40 bits per heavy atom. The first-order valence-electron chi connectivity index (χ1n) is 7.87. The second-order valence-corrected chi connectivity index (χ2v) is 5.78. The summed E-state index contributed by atoms with van der Waals surface area (Å²) >= 11 is 0. The Hall–Kier alpha value is -1.26. The van der Waals surface area contributed by atoms with E-state index in [0.29, 0.717) is 17.9 Å². The van der Waals surface area contributed by atoms with Crippen molar-refractivity contribution in [2.45, 2.75) is 53.0 Å². The fraction of sp³-hybridized carbons (Fsp3) is 0.867. The van der Waals surface area contributed by atoms with Crippen LogP contribution in [0.2, 0.25) is 0 Å². The molecule has 0 aromatic carbocycles. The van der Waals surface area contributed by atoms with Gasteiger partial charge in [0.05, 0.1) is 0 Å². The minimum atomic E-state index is 0.299. The zero-order chi connectivity index (χ0) is 15.0. The summed E-state index contributed by atoms with van der Waals surface area (Å²) in [5, 5.41) is 6.68. The topological polar surface area (TPSA) is 56.7 Å². The van der Waals surface area contributed by atoms with Gasteiger partial charge in [0.1, 0.15) is 0 Å². The molecular formula is C15H30N4O. The number of aliphatic imine (C=N–C) groups is 1. The quantitative estimate of drug-likeness (QED) is 0.424. The average molecular weight is 282 g/mol. The van der Waals surface area contributed by atoms with Crippen LogP contribution >= 0.6 is 0 Å². The Morgan fingerprint density at radius 2 is 2.15 bits per heavy atom. The van der Waals surface area contributed by atoms with E-state index in [1.165, 1.54) is 0 Å². The number of rotatable bonds is 7. The van der Waals surface area contributed by atoms with Crippen molar-refractivity contribution in [2.24, 2.45) is 10.9 Å². The number of carbonyl (C=O) groups is 1. The second-order valence-electron chi connectivity index (χ2n) is 5.78. The number of guanidine groups is 1. The number of hydrogen-bond acceptors (Lipinski definition) is 2. The lowest BCUT2D eigenvalue weighted by Crippen LogP contribution is -2.44. The Kier molecular flexibility index (Phi) is 7.41. The van der Waals surface area contributed by atoms with Crippen LogP contribution in [0.1, 0.15) is 47.0 Å². The molecule has 1 aliphatic heterocycles. The van der Waals surface area contributed by atoms with Crippen molar-refractivity contribution < 1.29 is 4.79 Å². The molecule has 1 aliphatic rings. The molecule has 5 heteroatoms. The molecule has 2 N–H and O–H groups in total. The first-order valence-corrected chi connectivity index (χ1v) is 7.87. The fourth-order valence-corrected chi connectivity index (χ4v) is 2.10. The van der Waals surface area contributed by atoms with E-state index in [1.54, 1.807) is 0 Å². The van der Waals surface area contributed by atoms with Crippen LogP contribution in [0.4, 0.5) is 0 Å². The zero-order valence-corrected chi connectivity index (χ0v) is 13.4. The van der Waals surface area contributed by atoms with Gasteiger partial charge in [-0.25, -0.2) is 0 Å². The molecule has 20 heavy (non-hydrogen) atoms. The van der Waals surface area contributed by atoms with Gasteiger partial charge in [0.15, 0.2) is 5.96 Å². The van der Waals surface area contributed by atoms with Gasteiger partial charge < -0.3 is 15.5 Å². The van der Waals surface area contributed by atoms with E-state index in [0.717, 1.165) is 51.4 Å². The van der Waals surface area contributed by atoms with Crippen LogP contribution in [0, 0.1) is 5.92 Å². The van der Waals surface area contributed by atoms with Gasteiger partial charge in [0.2, 0.25) is 5.91 Å². The molecule has 0 saturated carbocycles. The molecule has 0 bridgehead atoms. The van der Waals surface area contributed by atoms with Gasteiger partial charge in [-0.15, -0.1) is 0 Å². The summed E-state index contributed by atoms with van der Waals surface area (Å²) in [6.45, 7) is 12.0. The molecule has 0 aliphatic carbocycles. The molecule has 0 radical (unpaired) electrons. The lowest BCUT2D eigenvalue weighted by atomic mass is 10.1. The van der Waals surface area contributed by atoms with Crippen molar-refractivity contribution in [1.29, 1.82) is 0 Å². The van der Waals surface area contributed by atoms with Crippen molar-refractivity contribution in [2.75, 3.05) is 26.2 Å². The molecule has 5 nitrogen and oxygen atoms in total. The molecule has 0 aromatic heterocycles. The lowest BCUT2D eigenvalue weighted by molar-refractivity contribution is -0.127. The Balaban J connectivity index is 2.32. The second kappa shape index (κ2) is 8.82. The van der Waals surface area contributed by atoms with Crippen molar-refractivity contribution in [3.63, 3.8) is 0 Å². The van der Waals surface area contributed by atoms with Crippen molar-refractivity contribution in [1.82, 2.24) is 15.5 Å². The van der Waals surface area contributed by atoms with Crippen LogP contribution in [0.15, 0.2) is 4.99 Å². The van der Waals surface area contributed by atoms with Crippen LogP contribution < -0.4 is 10.6 Å². The normalized spacial score (nSPS) is 17.8. The summed E-state index contributed by atoms with van der Waals surface area (Å²) in [5.41, 5.74) is 0. The highest BCUT2D eigenvalue weighted by atomic mass is 16.2. The number of likely N-dealkylation sites (tertiary alicyclic amines) is 1. The van der Waals surface area contributed by atoms with E-state index >= 15 is 0 Å². The minimum absolute atomic E-state index is 0.299. The third kappa shape index (κ3) is 5.80. The third-order valence-electron chi connectivity index (χ3n) is 3.74. The highest BCUT2D eigenvalue weighted by Crippen LogP contribution is 2.09. The van der Waals surface area contributed by atoms with Gasteiger partial charge in [-0.3, -0.25) is 9.79 Å². The summed E-state index contributed by atoms with van der Waals surface area (Å²) in [4.78, 5) is 18.0. The summed E-state index contributed by atoms with van der Waals surface area (Å²) < 4.78 is 0. The molecule has 0 aromatic rings. The molecule has 1 saturated heterocycles. The van der Waals surface area contributed by atoms with Crippen LogP contribution in [0.5, 0.6) is 0 Å². The maximum absolute atomic E-state index is 11.5. The van der Waals surface area contributed by atoms with E-state index in [4.69, 9.17) is 0 Å². The van der Waals surface area contributed by atoms with Gasteiger partial charge in [0.25, 0.3) is 0 Å². The van der Waals surface area contributed by atoms with Crippen molar-refractivity contribution >= 4 is 11.9 Å². The van der Waals surface area contributed by atoms with Crippen LogP contribution in [-0.2, 0) is 4.79 Å². The predicted octanol–water partition coefficient (Wildman–Crippen LogP) is 1.60. The fourth-order valence-electron chi connectivity index (χ4n) is 2.10. The van der Waals surface area contributed by atoms with Gasteiger partial charge in [-0.05, 0) is 32.6 Å². The number of nitrogens with zero attached hydrogens (tertiary/aromatic N) is 2. The summed E-state index contributed by atoms with van der Waals surface area (Å²) in [6, 6.07) is 0.396. The van der Waals surface area contributed by atoms with Crippen LogP contribution in [-0.4, -0.2) is 49.0 Å². The van der Waals surface area contributed by atoms with Gasteiger partial charge in [-0.1, -0.05) is 13.8 Å². The van der Waals surface area contributed by atoms with Crippen molar-refractivity contribution in [3.8, 4) is 0 Å². The molecule has 1 atom stereocenters. The van der Waals surface area contributed by atoms with Gasteiger partial charge in [0, 0.05) is 38.6 Å².